The van der Waals surface area contributed by atoms with Gasteiger partial charge in [-0.15, -0.1) is 0 Å². The van der Waals surface area contributed by atoms with Crippen molar-refractivity contribution in [3.63, 3.8) is 0 Å². The highest BCUT2D eigenvalue weighted by Crippen LogP contribution is 2.25. The van der Waals surface area contributed by atoms with E-state index in [0.29, 0.717) is 20.8 Å². The van der Waals surface area contributed by atoms with E-state index in [1.54, 1.807) is 18.2 Å². The van der Waals surface area contributed by atoms with E-state index >= 15 is 0 Å². The molecule has 2 aromatic carbocycles. The van der Waals surface area contributed by atoms with Gasteiger partial charge in [-0.25, -0.2) is 0 Å². The molecule has 0 aliphatic rings. The predicted molar refractivity (Wildman–Crippen MR) is 92.2 cm³/mol. The van der Waals surface area contributed by atoms with Gasteiger partial charge in [0.25, 0.3) is 0 Å². The molecule has 2 nitrogen and oxygen atoms in total. The Morgan fingerprint density at radius 1 is 0.950 bits per heavy atom. The van der Waals surface area contributed by atoms with Crippen molar-refractivity contribution in [2.24, 2.45) is 0 Å². The van der Waals surface area contributed by atoms with Gasteiger partial charge in [-0.3, -0.25) is 0 Å². The molecule has 5 heteroatoms. The zero-order chi connectivity index (χ0) is 14.7. The first-order valence-electron chi connectivity index (χ1n) is 6.05. The van der Waals surface area contributed by atoms with E-state index in [2.05, 4.69) is 16.7 Å². The van der Waals surface area contributed by atoms with Gasteiger partial charge < -0.3 is 10.6 Å². The molecule has 0 bridgehead atoms. The first-order valence-corrected chi connectivity index (χ1v) is 7.22. The third-order valence-corrected chi connectivity index (χ3v) is 3.42. The van der Waals surface area contributed by atoms with Crippen LogP contribution in [0.15, 0.2) is 36.4 Å². The molecule has 0 unspecified atom stereocenters. The van der Waals surface area contributed by atoms with Gasteiger partial charge in [0.2, 0.25) is 0 Å². The number of anilines is 2. The number of halogens is 2. The molecule has 2 N–H and O–H groups in total. The summed E-state index contributed by atoms with van der Waals surface area (Å²) in [5.74, 6) is 0. The molecule has 0 spiro atoms. The minimum Gasteiger partial charge on any atom is -0.332 e. The third kappa shape index (κ3) is 4.10. The number of hydrogen-bond acceptors (Lipinski definition) is 1. The van der Waals surface area contributed by atoms with Crippen LogP contribution in [0.3, 0.4) is 0 Å². The van der Waals surface area contributed by atoms with Gasteiger partial charge in [-0.05, 0) is 67.5 Å². The summed E-state index contributed by atoms with van der Waals surface area (Å²) in [6.45, 7) is 4.09. The van der Waals surface area contributed by atoms with Gasteiger partial charge in [-0.1, -0.05) is 29.3 Å². The summed E-state index contributed by atoms with van der Waals surface area (Å²) < 4.78 is 0. The molecule has 0 saturated heterocycles. The third-order valence-electron chi connectivity index (χ3n) is 2.66. The van der Waals surface area contributed by atoms with Crippen LogP contribution in [0.4, 0.5) is 11.4 Å². The van der Waals surface area contributed by atoms with Gasteiger partial charge in [-0.2, -0.15) is 0 Å². The summed E-state index contributed by atoms with van der Waals surface area (Å²) in [5.41, 5.74) is 3.98. The molecule has 0 saturated carbocycles. The molecule has 0 fully saturated rings. The van der Waals surface area contributed by atoms with Crippen molar-refractivity contribution in [2.45, 2.75) is 13.8 Å². The number of thiocarbonyl (C=S) groups is 1. The monoisotopic (exact) mass is 324 g/mol. The van der Waals surface area contributed by atoms with E-state index in [4.69, 9.17) is 35.4 Å². The van der Waals surface area contributed by atoms with Crippen molar-refractivity contribution < 1.29 is 0 Å². The minimum atomic E-state index is 0.471. The van der Waals surface area contributed by atoms with Crippen LogP contribution in [0.25, 0.3) is 0 Å². The van der Waals surface area contributed by atoms with Gasteiger partial charge in [0.15, 0.2) is 5.11 Å². The summed E-state index contributed by atoms with van der Waals surface area (Å²) in [6.07, 6.45) is 0. The second-order valence-electron chi connectivity index (χ2n) is 4.58. The fourth-order valence-corrected chi connectivity index (χ4v) is 2.49. The second kappa shape index (κ2) is 6.44. The quantitative estimate of drug-likeness (QED) is 0.721. The second-order valence-corrected chi connectivity index (χ2v) is 5.83. The number of rotatable bonds is 2. The highest BCUT2D eigenvalue weighted by Gasteiger charge is 2.04. The number of hydrogen-bond donors (Lipinski definition) is 2. The number of aryl methyl sites for hydroxylation is 2. The zero-order valence-corrected chi connectivity index (χ0v) is 13.5. The lowest BCUT2D eigenvalue weighted by Gasteiger charge is -2.13. The lowest BCUT2D eigenvalue weighted by atomic mass is 10.1. The average Bonchev–Trinajstić information content (AvgIpc) is 2.32. The first kappa shape index (κ1) is 15.1. The Balaban J connectivity index is 2.11. The molecule has 0 aromatic heterocycles. The Labute approximate surface area is 134 Å². The molecule has 0 atom stereocenters. The number of benzene rings is 2. The summed E-state index contributed by atoms with van der Waals surface area (Å²) in [7, 11) is 0. The van der Waals surface area contributed by atoms with E-state index in [9.17, 15) is 0 Å². The van der Waals surface area contributed by atoms with Gasteiger partial charge >= 0.3 is 0 Å². The first-order chi connectivity index (χ1) is 9.44. The molecule has 2 rings (SSSR count). The van der Waals surface area contributed by atoms with E-state index in [0.717, 1.165) is 5.69 Å². The molecular weight excluding hydrogens is 311 g/mol. The van der Waals surface area contributed by atoms with E-state index in [1.807, 2.05) is 26.0 Å². The van der Waals surface area contributed by atoms with Crippen molar-refractivity contribution in [3.8, 4) is 0 Å². The summed E-state index contributed by atoms with van der Waals surface area (Å²) >= 11 is 17.3. The van der Waals surface area contributed by atoms with Gasteiger partial charge in [0, 0.05) is 10.7 Å². The van der Waals surface area contributed by atoms with Crippen molar-refractivity contribution in [2.75, 3.05) is 10.6 Å². The largest absolute Gasteiger partial charge is 0.332 e. The lowest BCUT2D eigenvalue weighted by molar-refractivity contribution is 1.38. The molecule has 104 valence electrons. The van der Waals surface area contributed by atoms with Crippen molar-refractivity contribution in [1.29, 1.82) is 0 Å². The summed E-state index contributed by atoms with van der Waals surface area (Å²) in [4.78, 5) is 0. The SMILES string of the molecule is Cc1cc(C)cc(NC(=S)Nc2cc(Cl)ccc2Cl)c1. The van der Waals surface area contributed by atoms with Crippen LogP contribution in [-0.2, 0) is 0 Å². The Bertz CT molecular complexity index is 636. The van der Waals surface area contributed by atoms with Crippen LogP contribution in [-0.4, -0.2) is 5.11 Å². The highest BCUT2D eigenvalue weighted by molar-refractivity contribution is 7.80. The normalized spacial score (nSPS) is 10.2. The zero-order valence-electron chi connectivity index (χ0n) is 11.1. The highest BCUT2D eigenvalue weighted by atomic mass is 35.5. The van der Waals surface area contributed by atoms with Gasteiger partial charge in [0.1, 0.15) is 0 Å². The Morgan fingerprint density at radius 3 is 2.25 bits per heavy atom. The molecule has 0 radical (unpaired) electrons. The Hall–Kier alpha value is -1.29. The average molecular weight is 325 g/mol. The minimum absolute atomic E-state index is 0.471. The van der Waals surface area contributed by atoms with Crippen molar-refractivity contribution in [1.82, 2.24) is 0 Å². The van der Waals surface area contributed by atoms with Gasteiger partial charge in [0.05, 0.1) is 10.7 Å². The molecule has 0 heterocycles. The maximum atomic E-state index is 6.09. The van der Waals surface area contributed by atoms with Crippen molar-refractivity contribution >= 4 is 51.9 Å². The van der Waals surface area contributed by atoms with Crippen LogP contribution < -0.4 is 10.6 Å². The maximum absolute atomic E-state index is 6.09. The van der Waals surface area contributed by atoms with Crippen LogP contribution in [0.5, 0.6) is 0 Å². The van der Waals surface area contributed by atoms with Crippen molar-refractivity contribution in [3.05, 3.63) is 57.6 Å². The molecular formula is C15H14Cl2N2S. The summed E-state index contributed by atoms with van der Waals surface area (Å²) in [6, 6.07) is 11.4. The molecule has 2 aromatic rings. The molecule has 0 aliphatic carbocycles. The predicted octanol–water partition coefficient (Wildman–Crippen LogP) is 5.42. The topological polar surface area (TPSA) is 24.1 Å². The lowest BCUT2D eigenvalue weighted by Crippen LogP contribution is -2.19. The molecule has 0 amide bonds. The summed E-state index contributed by atoms with van der Waals surface area (Å²) in [5, 5.41) is 7.82. The molecule has 0 aliphatic heterocycles. The fraction of sp³-hybridized carbons (Fsp3) is 0.133. The Morgan fingerprint density at radius 2 is 1.60 bits per heavy atom. The maximum Gasteiger partial charge on any atom is 0.175 e. The van der Waals surface area contributed by atoms with E-state index in [1.165, 1.54) is 11.1 Å². The molecule has 20 heavy (non-hydrogen) atoms. The smallest absolute Gasteiger partial charge is 0.175 e. The fourth-order valence-electron chi connectivity index (χ4n) is 1.92. The number of nitrogens with one attached hydrogen (secondary N) is 2. The Kier molecular flexibility index (Phi) is 4.86. The van der Waals surface area contributed by atoms with Crippen LogP contribution >= 0.6 is 35.4 Å². The van der Waals surface area contributed by atoms with Crippen LogP contribution in [0.1, 0.15) is 11.1 Å². The van der Waals surface area contributed by atoms with E-state index in [-0.39, 0.29) is 0 Å². The van der Waals surface area contributed by atoms with Crippen LogP contribution in [0, 0.1) is 13.8 Å². The standard InChI is InChI=1S/C15H14Cl2N2S/c1-9-5-10(2)7-12(6-9)18-15(20)19-14-8-11(16)3-4-13(14)17/h3-8H,1-2H3,(H2,18,19,20). The van der Waals surface area contributed by atoms with E-state index < -0.39 is 0 Å². The van der Waals surface area contributed by atoms with Crippen LogP contribution in [0.2, 0.25) is 10.0 Å².